The minimum absolute atomic E-state index is 0.955. The Kier molecular flexibility index (Phi) is 5.50. The molecule has 0 aromatic heterocycles. The summed E-state index contributed by atoms with van der Waals surface area (Å²) < 4.78 is 0. The molecule has 0 unspecified atom stereocenters. The average Bonchev–Trinajstić information content (AvgIpc) is 1.61. The summed E-state index contributed by atoms with van der Waals surface area (Å²) in [5.74, 6) is 0. The van der Waals surface area contributed by atoms with Crippen LogP contribution in [-0.2, 0) is 0 Å². The molecule has 0 heterocycles. The molecule has 0 aliphatic rings. The molecule has 0 aromatic carbocycles. The molecule has 0 rings (SSSR count). The van der Waals surface area contributed by atoms with E-state index in [1.54, 1.807) is 0 Å². The second-order valence-electron chi connectivity index (χ2n) is 1.35. The van der Waals surface area contributed by atoms with E-state index in [9.17, 15) is 0 Å². The van der Waals surface area contributed by atoms with Gasteiger partial charge in [0.05, 0.1) is 0 Å². The van der Waals surface area contributed by atoms with E-state index in [2.05, 4.69) is 17.7 Å². The van der Waals surface area contributed by atoms with Crippen molar-refractivity contribution in [3.05, 3.63) is 0 Å². The summed E-state index contributed by atoms with van der Waals surface area (Å²) in [6.07, 6.45) is 3.59. The van der Waals surface area contributed by atoms with Crippen LogP contribution in [0.4, 0.5) is 0 Å². The maximum atomic E-state index is 6.58. The van der Waals surface area contributed by atoms with Gasteiger partial charge in [0.2, 0.25) is 0 Å². The van der Waals surface area contributed by atoms with E-state index in [0.717, 1.165) is 6.42 Å². The van der Waals surface area contributed by atoms with Crippen molar-refractivity contribution in [2.24, 2.45) is 0 Å². The predicted molar refractivity (Wildman–Crippen MR) is 28.6 cm³/mol. The fraction of sp³-hybridized carbons (Fsp3) is 0.750. The van der Waals surface area contributed by atoms with Crippen LogP contribution in [0.2, 0.25) is 5.09 Å². The summed E-state index contributed by atoms with van der Waals surface area (Å²) >= 11 is 2.13. The standard InChI is InChI=1S/C4H8N.Li/c1-2-3-4-5;/h4-5H,1-3H2;. The molecule has 0 aliphatic heterocycles. The minimum atomic E-state index is 0.955. The van der Waals surface area contributed by atoms with Crippen LogP contribution in [0.5, 0.6) is 0 Å². The Hall–Kier alpha value is 0.267. The zero-order valence-electron chi connectivity index (χ0n) is 4.20. The molecule has 0 atom stereocenters. The molecule has 6 heavy (non-hydrogen) atoms. The van der Waals surface area contributed by atoms with Gasteiger partial charge >= 0.3 is 47.3 Å². The molecule has 2 heteroatoms. The molecule has 0 aromatic rings. The van der Waals surface area contributed by atoms with Crippen molar-refractivity contribution in [3.63, 3.8) is 0 Å². The van der Waals surface area contributed by atoms with Crippen molar-refractivity contribution >= 4 is 23.9 Å². The molecule has 0 amide bonds. The fourth-order valence-electron chi connectivity index (χ4n) is 0.306. The Morgan fingerprint density at radius 2 is 2.33 bits per heavy atom. The Balaban J connectivity index is 2.49. The van der Waals surface area contributed by atoms with Crippen LogP contribution in [-0.4, -0.2) is 23.9 Å². The van der Waals surface area contributed by atoms with Gasteiger partial charge in [0.1, 0.15) is 0 Å². The molecule has 0 aliphatic carbocycles. The zero-order chi connectivity index (χ0) is 4.83. The molecule has 0 saturated heterocycles. The second kappa shape index (κ2) is 5.27. The third-order valence-electron chi connectivity index (χ3n) is 0.702. The Bertz CT molecular complexity index is 36.5. The van der Waals surface area contributed by atoms with E-state index in [1.807, 2.05) is 0 Å². The van der Waals surface area contributed by atoms with E-state index in [0.29, 0.717) is 0 Å². The predicted octanol–water partition coefficient (Wildman–Crippen LogP) is 1.00. The SMILES string of the molecule is [Li][CH2]CCC=N. The summed E-state index contributed by atoms with van der Waals surface area (Å²) in [6.45, 7) is 0. The van der Waals surface area contributed by atoms with E-state index in [4.69, 9.17) is 5.41 Å². The van der Waals surface area contributed by atoms with Gasteiger partial charge in [-0.05, 0) is 0 Å². The maximum absolute atomic E-state index is 6.58. The molecule has 0 saturated carbocycles. The van der Waals surface area contributed by atoms with Gasteiger partial charge < -0.3 is 0 Å². The molecule has 0 bridgehead atoms. The Labute approximate surface area is 47.8 Å². The van der Waals surface area contributed by atoms with Crippen LogP contribution in [0.15, 0.2) is 0 Å². The first-order valence-electron chi connectivity index (χ1n) is 2.40. The monoisotopic (exact) mass is 77.1 g/mol. The normalized spacial score (nSPS) is 8.33. The molecule has 0 fully saturated rings. The van der Waals surface area contributed by atoms with E-state index >= 15 is 0 Å². The molecule has 0 spiro atoms. The number of rotatable bonds is 3. The molecular formula is C4H8LiN. The van der Waals surface area contributed by atoms with Gasteiger partial charge in [0.25, 0.3) is 0 Å². The van der Waals surface area contributed by atoms with Crippen molar-refractivity contribution in [1.82, 2.24) is 0 Å². The first-order valence-corrected chi connectivity index (χ1v) is 2.40. The number of nitrogens with one attached hydrogen (secondary N) is 1. The fourth-order valence-corrected chi connectivity index (χ4v) is 0.306. The summed E-state index contributed by atoms with van der Waals surface area (Å²) in [7, 11) is 0. The summed E-state index contributed by atoms with van der Waals surface area (Å²) in [5.41, 5.74) is 0. The topological polar surface area (TPSA) is 23.9 Å². The molecule has 1 nitrogen and oxygen atoms in total. The van der Waals surface area contributed by atoms with Crippen LogP contribution < -0.4 is 0 Å². The van der Waals surface area contributed by atoms with Crippen LogP contribution in [0.25, 0.3) is 0 Å². The second-order valence-corrected chi connectivity index (χ2v) is 1.35. The van der Waals surface area contributed by atoms with Gasteiger partial charge in [0, 0.05) is 0 Å². The van der Waals surface area contributed by atoms with Crippen LogP contribution in [0.3, 0.4) is 0 Å². The third kappa shape index (κ3) is 4.27. The average molecular weight is 77.1 g/mol. The number of hydrogen-bond donors (Lipinski definition) is 1. The first kappa shape index (κ1) is 6.27. The van der Waals surface area contributed by atoms with Crippen LogP contribution in [0, 0.1) is 5.41 Å². The van der Waals surface area contributed by atoms with Gasteiger partial charge in [-0.2, -0.15) is 0 Å². The van der Waals surface area contributed by atoms with Crippen molar-refractivity contribution in [3.8, 4) is 0 Å². The van der Waals surface area contributed by atoms with Gasteiger partial charge in [-0.15, -0.1) is 0 Å². The first-order chi connectivity index (χ1) is 2.91. The van der Waals surface area contributed by atoms with E-state index in [1.165, 1.54) is 17.7 Å². The molecular weight excluding hydrogens is 69.0 g/mol. The third-order valence-corrected chi connectivity index (χ3v) is 0.702. The molecule has 30 valence electrons. The number of hydrogen-bond acceptors (Lipinski definition) is 1. The van der Waals surface area contributed by atoms with Crippen LogP contribution >= 0.6 is 0 Å². The quantitative estimate of drug-likeness (QED) is 0.295. The van der Waals surface area contributed by atoms with E-state index < -0.39 is 0 Å². The Morgan fingerprint density at radius 3 is 2.50 bits per heavy atom. The number of unbranched alkanes of at least 4 members (excludes halogenated alkanes) is 1. The van der Waals surface area contributed by atoms with Gasteiger partial charge in [-0.1, -0.05) is 0 Å². The van der Waals surface area contributed by atoms with Crippen LogP contribution in [0.1, 0.15) is 12.8 Å². The van der Waals surface area contributed by atoms with Crippen molar-refractivity contribution in [2.75, 3.05) is 0 Å². The van der Waals surface area contributed by atoms with Gasteiger partial charge in [-0.25, -0.2) is 0 Å². The zero-order valence-corrected chi connectivity index (χ0v) is 4.20. The Morgan fingerprint density at radius 1 is 1.67 bits per heavy atom. The summed E-state index contributed by atoms with van der Waals surface area (Å²) in [6, 6.07) is 0. The van der Waals surface area contributed by atoms with Crippen molar-refractivity contribution in [1.29, 1.82) is 5.41 Å². The van der Waals surface area contributed by atoms with Crippen molar-refractivity contribution in [2.45, 2.75) is 17.9 Å². The van der Waals surface area contributed by atoms with Gasteiger partial charge in [0.15, 0.2) is 0 Å². The molecule has 1 N–H and O–H groups in total. The van der Waals surface area contributed by atoms with E-state index in [-0.39, 0.29) is 0 Å². The summed E-state index contributed by atoms with van der Waals surface area (Å²) in [4.78, 5) is 0. The van der Waals surface area contributed by atoms with Gasteiger partial charge in [-0.3, -0.25) is 0 Å². The van der Waals surface area contributed by atoms with Crippen molar-refractivity contribution < 1.29 is 0 Å². The molecule has 0 radical (unpaired) electrons. The summed E-state index contributed by atoms with van der Waals surface area (Å²) in [5, 5.41) is 7.78.